The molecule has 166 valence electrons. The molecule has 0 fully saturated rings. The summed E-state index contributed by atoms with van der Waals surface area (Å²) in [7, 11) is 1.64. The van der Waals surface area contributed by atoms with Crippen molar-refractivity contribution >= 4 is 33.2 Å². The van der Waals surface area contributed by atoms with Crippen LogP contribution in [-0.4, -0.2) is 59.5 Å². The zero-order chi connectivity index (χ0) is 21.8. The van der Waals surface area contributed by atoms with Gasteiger partial charge in [-0.15, -0.1) is 11.3 Å². The molecule has 2 heterocycles. The van der Waals surface area contributed by atoms with E-state index in [2.05, 4.69) is 4.98 Å². The molecule has 9 heteroatoms. The molecule has 1 atom stereocenters. The van der Waals surface area contributed by atoms with Crippen LogP contribution in [0.5, 0.6) is 5.75 Å². The number of aliphatic hydroxyl groups is 1. The summed E-state index contributed by atoms with van der Waals surface area (Å²) in [5.41, 5.74) is 1.10. The molecule has 0 saturated heterocycles. The Balaban J connectivity index is 1.42. The van der Waals surface area contributed by atoms with Gasteiger partial charge in [-0.25, -0.2) is 4.98 Å². The summed E-state index contributed by atoms with van der Waals surface area (Å²) >= 11 is 7.51. The number of aromatic amines is 1. The van der Waals surface area contributed by atoms with Crippen molar-refractivity contribution in [2.24, 2.45) is 0 Å². The molecule has 1 aliphatic carbocycles. The standard InChI is InChI=1S/C22H26ClN3O4S/c1-29-10-9-26(11-15(27)13-30-16-7-5-14(23)6-8-16)12-19-24-21(28)20-17-3-2-4-18(17)31-22(20)25-19/h5-8,15,27H,2-4,9-13H2,1H3,(H,24,25,28)/t15-/m1/s1. The zero-order valence-electron chi connectivity index (χ0n) is 17.4. The fourth-order valence-corrected chi connectivity index (χ4v) is 5.27. The van der Waals surface area contributed by atoms with Gasteiger partial charge in [-0.1, -0.05) is 11.6 Å². The number of fused-ring (bicyclic) bond motifs is 3. The second kappa shape index (κ2) is 10.1. The van der Waals surface area contributed by atoms with Crippen molar-refractivity contribution < 1.29 is 14.6 Å². The molecule has 0 spiro atoms. The van der Waals surface area contributed by atoms with Crippen LogP contribution in [0.3, 0.4) is 0 Å². The Morgan fingerprint density at radius 3 is 2.90 bits per heavy atom. The molecule has 1 aliphatic rings. The molecule has 0 unspecified atom stereocenters. The Morgan fingerprint density at radius 1 is 1.32 bits per heavy atom. The summed E-state index contributed by atoms with van der Waals surface area (Å²) < 4.78 is 10.9. The van der Waals surface area contributed by atoms with Crippen molar-refractivity contribution in [1.29, 1.82) is 0 Å². The first-order valence-electron chi connectivity index (χ1n) is 10.3. The fraction of sp³-hybridized carbons (Fsp3) is 0.455. The smallest absolute Gasteiger partial charge is 0.259 e. The van der Waals surface area contributed by atoms with Crippen molar-refractivity contribution in [3.05, 3.63) is 55.9 Å². The lowest BCUT2D eigenvalue weighted by Crippen LogP contribution is -2.38. The summed E-state index contributed by atoms with van der Waals surface area (Å²) in [5, 5.41) is 11.9. The molecular formula is C22H26ClN3O4S. The SMILES string of the molecule is COCCN(Cc1nc2sc3c(c2c(=O)[nH]1)CCC3)C[C@@H](O)COc1ccc(Cl)cc1. The van der Waals surface area contributed by atoms with Crippen molar-refractivity contribution in [3.63, 3.8) is 0 Å². The van der Waals surface area contributed by atoms with E-state index in [1.54, 1.807) is 42.7 Å². The third-order valence-electron chi connectivity index (χ3n) is 5.33. The maximum absolute atomic E-state index is 12.7. The molecule has 2 N–H and O–H groups in total. The molecule has 1 aromatic carbocycles. The molecule has 2 aromatic heterocycles. The molecule has 0 bridgehead atoms. The molecule has 3 aromatic rings. The number of benzene rings is 1. The number of aryl methyl sites for hydroxylation is 2. The molecule has 0 saturated carbocycles. The monoisotopic (exact) mass is 463 g/mol. The second-order valence-electron chi connectivity index (χ2n) is 7.70. The van der Waals surface area contributed by atoms with Crippen LogP contribution in [0, 0.1) is 0 Å². The minimum atomic E-state index is -0.714. The van der Waals surface area contributed by atoms with Crippen LogP contribution in [0.1, 0.15) is 22.7 Å². The van der Waals surface area contributed by atoms with Gasteiger partial charge in [0.05, 0.1) is 18.5 Å². The van der Waals surface area contributed by atoms with E-state index in [0.717, 1.165) is 29.5 Å². The van der Waals surface area contributed by atoms with E-state index in [1.165, 1.54) is 10.4 Å². The molecule has 7 nitrogen and oxygen atoms in total. The lowest BCUT2D eigenvalue weighted by Gasteiger charge is -2.24. The highest BCUT2D eigenvalue weighted by Gasteiger charge is 2.22. The summed E-state index contributed by atoms with van der Waals surface area (Å²) in [6.45, 7) is 2.02. The van der Waals surface area contributed by atoms with E-state index in [0.29, 0.717) is 42.8 Å². The van der Waals surface area contributed by atoms with Gasteiger partial charge in [-0.05, 0) is 49.1 Å². The maximum Gasteiger partial charge on any atom is 0.259 e. The number of ether oxygens (including phenoxy) is 2. The topological polar surface area (TPSA) is 87.7 Å². The highest BCUT2D eigenvalue weighted by atomic mass is 35.5. The Morgan fingerprint density at radius 2 is 2.13 bits per heavy atom. The number of nitrogens with zero attached hydrogens (tertiary/aromatic N) is 2. The minimum Gasteiger partial charge on any atom is -0.491 e. The minimum absolute atomic E-state index is 0.0716. The van der Waals surface area contributed by atoms with Gasteiger partial charge in [-0.2, -0.15) is 0 Å². The lowest BCUT2D eigenvalue weighted by atomic mass is 10.2. The number of hydrogen-bond acceptors (Lipinski definition) is 7. The molecule has 31 heavy (non-hydrogen) atoms. The number of thiophene rings is 1. The van der Waals surface area contributed by atoms with E-state index in [-0.39, 0.29) is 12.2 Å². The summed E-state index contributed by atoms with van der Waals surface area (Å²) in [6.07, 6.45) is 2.39. The molecule has 4 rings (SSSR count). The van der Waals surface area contributed by atoms with Gasteiger partial charge in [0.15, 0.2) is 0 Å². The molecular weight excluding hydrogens is 438 g/mol. The second-order valence-corrected chi connectivity index (χ2v) is 9.22. The number of aromatic nitrogens is 2. The van der Waals surface area contributed by atoms with Crippen LogP contribution in [0.4, 0.5) is 0 Å². The van der Waals surface area contributed by atoms with Gasteiger partial charge < -0.3 is 19.6 Å². The number of nitrogens with one attached hydrogen (secondary N) is 1. The summed E-state index contributed by atoms with van der Waals surface area (Å²) in [6, 6.07) is 7.01. The first-order valence-corrected chi connectivity index (χ1v) is 11.5. The Bertz CT molecular complexity index is 1080. The first-order chi connectivity index (χ1) is 15.0. The lowest BCUT2D eigenvalue weighted by molar-refractivity contribution is 0.0533. The van der Waals surface area contributed by atoms with Crippen LogP contribution < -0.4 is 10.3 Å². The van der Waals surface area contributed by atoms with Crippen molar-refractivity contribution in [2.75, 3.05) is 33.4 Å². The predicted octanol–water partition coefficient (Wildman–Crippen LogP) is 3.02. The van der Waals surface area contributed by atoms with Gasteiger partial charge in [0, 0.05) is 30.1 Å². The summed E-state index contributed by atoms with van der Waals surface area (Å²) in [5.74, 6) is 1.24. The van der Waals surface area contributed by atoms with Crippen molar-refractivity contribution in [3.8, 4) is 5.75 Å². The van der Waals surface area contributed by atoms with Gasteiger partial charge in [0.1, 0.15) is 29.1 Å². The number of hydrogen-bond donors (Lipinski definition) is 2. The Kier molecular flexibility index (Phi) is 7.24. The highest BCUT2D eigenvalue weighted by molar-refractivity contribution is 7.18. The molecule has 0 aliphatic heterocycles. The van der Waals surface area contributed by atoms with Gasteiger partial charge in [-0.3, -0.25) is 9.69 Å². The fourth-order valence-electron chi connectivity index (χ4n) is 3.86. The quantitative estimate of drug-likeness (QED) is 0.480. The average molecular weight is 464 g/mol. The predicted molar refractivity (Wildman–Crippen MR) is 122 cm³/mol. The largest absolute Gasteiger partial charge is 0.491 e. The first kappa shape index (κ1) is 22.2. The third kappa shape index (κ3) is 5.45. The van der Waals surface area contributed by atoms with E-state index in [4.69, 9.17) is 26.1 Å². The van der Waals surface area contributed by atoms with E-state index in [1.807, 2.05) is 4.90 Å². The van der Waals surface area contributed by atoms with E-state index in [9.17, 15) is 9.90 Å². The average Bonchev–Trinajstić information content (AvgIpc) is 3.32. The van der Waals surface area contributed by atoms with E-state index >= 15 is 0 Å². The van der Waals surface area contributed by atoms with Crippen LogP contribution in [0.15, 0.2) is 29.1 Å². The number of methoxy groups -OCH3 is 1. The van der Waals surface area contributed by atoms with Gasteiger partial charge in [0.2, 0.25) is 0 Å². The zero-order valence-corrected chi connectivity index (χ0v) is 19.0. The number of rotatable bonds is 10. The Labute approximate surface area is 189 Å². The third-order valence-corrected chi connectivity index (χ3v) is 6.77. The highest BCUT2D eigenvalue weighted by Crippen LogP contribution is 2.34. The van der Waals surface area contributed by atoms with Crippen molar-refractivity contribution in [2.45, 2.75) is 31.9 Å². The normalized spacial score (nSPS) is 14.3. The number of aliphatic hydroxyl groups excluding tert-OH is 1. The van der Waals surface area contributed by atoms with Crippen LogP contribution in [0.2, 0.25) is 5.02 Å². The van der Waals surface area contributed by atoms with Crippen molar-refractivity contribution in [1.82, 2.24) is 14.9 Å². The van der Waals surface area contributed by atoms with Gasteiger partial charge >= 0.3 is 0 Å². The molecule has 0 radical (unpaired) electrons. The Hall–Kier alpha value is -1.97. The van der Waals surface area contributed by atoms with Gasteiger partial charge in [0.25, 0.3) is 5.56 Å². The number of halogens is 1. The van der Waals surface area contributed by atoms with Crippen LogP contribution >= 0.6 is 22.9 Å². The molecule has 0 amide bonds. The van der Waals surface area contributed by atoms with E-state index < -0.39 is 6.10 Å². The summed E-state index contributed by atoms with van der Waals surface area (Å²) in [4.78, 5) is 24.5. The number of H-pyrrole nitrogens is 1. The maximum atomic E-state index is 12.7. The van der Waals surface area contributed by atoms with Crippen LogP contribution in [0.25, 0.3) is 10.2 Å². The van der Waals surface area contributed by atoms with Crippen LogP contribution in [-0.2, 0) is 24.1 Å².